The highest BCUT2D eigenvalue weighted by atomic mass is 35.5. The summed E-state index contributed by atoms with van der Waals surface area (Å²) >= 11 is 7.41. The fourth-order valence-corrected chi connectivity index (χ4v) is 2.41. The molecule has 1 heterocycles. The van der Waals surface area contributed by atoms with Crippen molar-refractivity contribution >= 4 is 29.0 Å². The molecule has 0 saturated carbocycles. The second kappa shape index (κ2) is 8.29. The van der Waals surface area contributed by atoms with Crippen molar-refractivity contribution in [1.29, 1.82) is 0 Å². The van der Waals surface area contributed by atoms with Gasteiger partial charge in [-0.15, -0.1) is 11.3 Å². The first-order chi connectivity index (χ1) is 9.37. The standard InChI is InChI=1S/C14H21ClN2O2S/c1-14(2,3)19-13(18)17-9-5-4-8-16-10-11-6-7-12(15)20-11/h4-7,16H,8-10H2,1-3H3,(H,17,18)/b5-4+. The second-order valence-corrected chi connectivity index (χ2v) is 6.99. The Hall–Kier alpha value is -1.04. The van der Waals surface area contributed by atoms with Gasteiger partial charge < -0.3 is 15.4 Å². The van der Waals surface area contributed by atoms with E-state index >= 15 is 0 Å². The van der Waals surface area contributed by atoms with E-state index in [-0.39, 0.29) is 0 Å². The zero-order chi connectivity index (χ0) is 15.0. The summed E-state index contributed by atoms with van der Waals surface area (Å²) in [5.41, 5.74) is -0.461. The molecule has 0 aliphatic carbocycles. The van der Waals surface area contributed by atoms with Crippen molar-refractivity contribution < 1.29 is 9.53 Å². The van der Waals surface area contributed by atoms with Crippen LogP contribution >= 0.6 is 22.9 Å². The first-order valence-corrected chi connectivity index (χ1v) is 7.63. The Bertz CT molecular complexity index is 452. The predicted octanol–water partition coefficient (Wildman–Crippen LogP) is 3.57. The van der Waals surface area contributed by atoms with Gasteiger partial charge in [-0.1, -0.05) is 23.8 Å². The Balaban J connectivity index is 2.06. The van der Waals surface area contributed by atoms with Crippen molar-refractivity contribution in [2.45, 2.75) is 32.9 Å². The lowest BCUT2D eigenvalue weighted by Gasteiger charge is -2.19. The second-order valence-electron chi connectivity index (χ2n) is 5.19. The van der Waals surface area contributed by atoms with Crippen molar-refractivity contribution in [3.63, 3.8) is 0 Å². The van der Waals surface area contributed by atoms with E-state index in [2.05, 4.69) is 10.6 Å². The van der Waals surface area contributed by atoms with Gasteiger partial charge in [-0.25, -0.2) is 4.79 Å². The molecule has 0 unspecified atom stereocenters. The minimum absolute atomic E-state index is 0.400. The number of amides is 1. The van der Waals surface area contributed by atoms with Gasteiger partial charge in [0.2, 0.25) is 0 Å². The lowest BCUT2D eigenvalue weighted by Crippen LogP contribution is -2.32. The average Bonchev–Trinajstić information content (AvgIpc) is 2.71. The molecule has 0 saturated heterocycles. The Morgan fingerprint density at radius 3 is 2.65 bits per heavy atom. The molecule has 2 N–H and O–H groups in total. The average molecular weight is 317 g/mol. The normalized spacial score (nSPS) is 11.8. The van der Waals surface area contributed by atoms with Gasteiger partial charge in [-0.3, -0.25) is 0 Å². The van der Waals surface area contributed by atoms with Crippen LogP contribution in [0, 0.1) is 0 Å². The van der Waals surface area contributed by atoms with Crippen LogP contribution in [0.5, 0.6) is 0 Å². The SMILES string of the molecule is CC(C)(C)OC(=O)NC/C=C/CNCc1ccc(Cl)s1. The number of hydrogen-bond acceptors (Lipinski definition) is 4. The molecular weight excluding hydrogens is 296 g/mol. The molecule has 0 fully saturated rings. The van der Waals surface area contributed by atoms with E-state index < -0.39 is 11.7 Å². The van der Waals surface area contributed by atoms with Gasteiger partial charge in [-0.05, 0) is 32.9 Å². The summed E-state index contributed by atoms with van der Waals surface area (Å²) in [6.07, 6.45) is 3.45. The molecule has 1 aromatic rings. The zero-order valence-electron chi connectivity index (χ0n) is 12.0. The zero-order valence-corrected chi connectivity index (χ0v) is 13.6. The Labute approximate surface area is 129 Å². The number of ether oxygens (including phenoxy) is 1. The van der Waals surface area contributed by atoms with E-state index in [1.165, 1.54) is 4.88 Å². The smallest absolute Gasteiger partial charge is 0.407 e. The van der Waals surface area contributed by atoms with E-state index in [1.54, 1.807) is 11.3 Å². The van der Waals surface area contributed by atoms with Gasteiger partial charge in [0.25, 0.3) is 0 Å². The lowest BCUT2D eigenvalue weighted by atomic mass is 10.2. The number of carbonyl (C=O) groups excluding carboxylic acids is 1. The van der Waals surface area contributed by atoms with E-state index in [0.717, 1.165) is 17.4 Å². The van der Waals surface area contributed by atoms with Crippen LogP contribution in [0.3, 0.4) is 0 Å². The van der Waals surface area contributed by atoms with Gasteiger partial charge >= 0.3 is 6.09 Å². The molecule has 0 radical (unpaired) electrons. The van der Waals surface area contributed by atoms with Gasteiger partial charge in [0.05, 0.1) is 4.34 Å². The molecule has 0 aliphatic rings. The van der Waals surface area contributed by atoms with Crippen molar-refractivity contribution in [1.82, 2.24) is 10.6 Å². The number of alkyl carbamates (subject to hydrolysis) is 1. The fraction of sp³-hybridized carbons (Fsp3) is 0.500. The van der Waals surface area contributed by atoms with Gasteiger partial charge in [0, 0.05) is 24.5 Å². The highest BCUT2D eigenvalue weighted by Crippen LogP contribution is 2.20. The van der Waals surface area contributed by atoms with Gasteiger partial charge in [0.1, 0.15) is 5.60 Å². The van der Waals surface area contributed by atoms with Crippen LogP contribution < -0.4 is 10.6 Å². The molecule has 0 atom stereocenters. The topological polar surface area (TPSA) is 50.4 Å². The van der Waals surface area contributed by atoms with Crippen LogP contribution in [-0.4, -0.2) is 24.8 Å². The van der Waals surface area contributed by atoms with Crippen molar-refractivity contribution in [2.75, 3.05) is 13.1 Å². The molecule has 6 heteroatoms. The predicted molar refractivity (Wildman–Crippen MR) is 84.4 cm³/mol. The molecule has 0 spiro atoms. The van der Waals surface area contributed by atoms with Crippen molar-refractivity contribution in [3.8, 4) is 0 Å². The van der Waals surface area contributed by atoms with Crippen LogP contribution in [0.4, 0.5) is 4.79 Å². The molecule has 0 aliphatic heterocycles. The van der Waals surface area contributed by atoms with Crippen molar-refractivity contribution in [2.24, 2.45) is 0 Å². The summed E-state index contributed by atoms with van der Waals surface area (Å²) in [5.74, 6) is 0. The summed E-state index contributed by atoms with van der Waals surface area (Å²) < 4.78 is 5.92. The number of nitrogens with one attached hydrogen (secondary N) is 2. The highest BCUT2D eigenvalue weighted by Gasteiger charge is 2.14. The number of halogens is 1. The number of thiophene rings is 1. The van der Waals surface area contributed by atoms with Crippen LogP contribution in [0.25, 0.3) is 0 Å². The summed E-state index contributed by atoms with van der Waals surface area (Å²) in [6.45, 7) is 7.50. The van der Waals surface area contributed by atoms with Crippen LogP contribution in [0.2, 0.25) is 4.34 Å². The van der Waals surface area contributed by atoms with E-state index in [1.807, 2.05) is 45.1 Å². The third-order valence-corrected chi connectivity index (χ3v) is 3.35. The maximum atomic E-state index is 11.3. The first-order valence-electron chi connectivity index (χ1n) is 6.43. The molecule has 1 aromatic heterocycles. The highest BCUT2D eigenvalue weighted by molar-refractivity contribution is 7.16. The van der Waals surface area contributed by atoms with Crippen molar-refractivity contribution in [3.05, 3.63) is 33.5 Å². The van der Waals surface area contributed by atoms with E-state index in [0.29, 0.717) is 6.54 Å². The molecule has 20 heavy (non-hydrogen) atoms. The van der Waals surface area contributed by atoms with Gasteiger partial charge in [-0.2, -0.15) is 0 Å². The largest absolute Gasteiger partial charge is 0.444 e. The fourth-order valence-electron chi connectivity index (χ4n) is 1.35. The summed E-state index contributed by atoms with van der Waals surface area (Å²) in [5, 5.41) is 5.92. The van der Waals surface area contributed by atoms with Crippen LogP contribution in [0.15, 0.2) is 24.3 Å². The molecule has 1 rings (SSSR count). The van der Waals surface area contributed by atoms with Crippen LogP contribution in [-0.2, 0) is 11.3 Å². The minimum Gasteiger partial charge on any atom is -0.444 e. The number of rotatable bonds is 6. The maximum Gasteiger partial charge on any atom is 0.407 e. The summed E-state index contributed by atoms with van der Waals surface area (Å²) in [4.78, 5) is 12.5. The quantitative estimate of drug-likeness (QED) is 0.623. The minimum atomic E-state index is -0.461. The number of hydrogen-bond donors (Lipinski definition) is 2. The van der Waals surface area contributed by atoms with Gasteiger partial charge in [0.15, 0.2) is 0 Å². The lowest BCUT2D eigenvalue weighted by molar-refractivity contribution is 0.0534. The Morgan fingerprint density at radius 1 is 1.35 bits per heavy atom. The molecule has 0 aromatic carbocycles. The molecular formula is C14H21ClN2O2S. The maximum absolute atomic E-state index is 11.3. The molecule has 112 valence electrons. The monoisotopic (exact) mass is 316 g/mol. The molecule has 4 nitrogen and oxygen atoms in total. The van der Waals surface area contributed by atoms with Crippen LogP contribution in [0.1, 0.15) is 25.6 Å². The summed E-state index contributed by atoms with van der Waals surface area (Å²) in [6, 6.07) is 3.90. The third-order valence-electron chi connectivity index (χ3n) is 2.12. The third kappa shape index (κ3) is 8.19. The van der Waals surface area contributed by atoms with E-state index in [4.69, 9.17) is 16.3 Å². The van der Waals surface area contributed by atoms with E-state index in [9.17, 15) is 4.79 Å². The summed E-state index contributed by atoms with van der Waals surface area (Å²) in [7, 11) is 0. The first kappa shape index (κ1) is 17.0. The Kier molecular flexibility index (Phi) is 7.05. The molecule has 0 bridgehead atoms. The molecule has 1 amide bonds. The number of carbonyl (C=O) groups is 1. The Morgan fingerprint density at radius 2 is 2.05 bits per heavy atom.